The molecule has 3 rings (SSSR count). The van der Waals surface area contributed by atoms with Crippen molar-refractivity contribution in [3.05, 3.63) is 93.6 Å². The van der Waals surface area contributed by atoms with E-state index in [4.69, 9.17) is 4.74 Å². The fourth-order valence-electron chi connectivity index (χ4n) is 3.38. The molecule has 182 valence electrons. The summed E-state index contributed by atoms with van der Waals surface area (Å²) >= 11 is 2.19. The second-order valence-electron chi connectivity index (χ2n) is 8.13. The van der Waals surface area contributed by atoms with Crippen molar-refractivity contribution in [3.63, 3.8) is 0 Å². The molecule has 0 saturated carbocycles. The zero-order valence-electron chi connectivity index (χ0n) is 19.8. The van der Waals surface area contributed by atoms with Crippen molar-refractivity contribution in [3.8, 4) is 5.75 Å². The predicted molar refractivity (Wildman–Crippen MR) is 144 cm³/mol. The fraction of sp³-hybridized carbons (Fsp3) is 0.222. The SMILES string of the molecule is C[C@@H](NC(=O)c1ccccc1O[C@H](C)C(=O)Nc1ccc(I)cc1)C(=O)N(C)Cc1ccccc1. The first-order chi connectivity index (χ1) is 16.7. The van der Waals surface area contributed by atoms with Crippen LogP contribution in [-0.2, 0) is 16.1 Å². The number of para-hydroxylation sites is 1. The number of nitrogens with one attached hydrogen (secondary N) is 2. The van der Waals surface area contributed by atoms with Gasteiger partial charge in [0.25, 0.3) is 11.8 Å². The molecule has 3 aromatic carbocycles. The number of rotatable bonds is 9. The summed E-state index contributed by atoms with van der Waals surface area (Å²) in [4.78, 5) is 39.9. The lowest BCUT2D eigenvalue weighted by molar-refractivity contribution is -0.132. The number of benzene rings is 3. The van der Waals surface area contributed by atoms with Crippen molar-refractivity contribution in [1.82, 2.24) is 10.2 Å². The molecule has 35 heavy (non-hydrogen) atoms. The van der Waals surface area contributed by atoms with Gasteiger partial charge in [0.1, 0.15) is 11.8 Å². The van der Waals surface area contributed by atoms with Crippen LogP contribution in [0.2, 0.25) is 0 Å². The van der Waals surface area contributed by atoms with Crippen LogP contribution in [0.3, 0.4) is 0 Å². The van der Waals surface area contributed by atoms with E-state index in [-0.39, 0.29) is 23.1 Å². The number of likely N-dealkylation sites (N-methyl/N-ethyl adjacent to an activating group) is 1. The highest BCUT2D eigenvalue weighted by molar-refractivity contribution is 14.1. The van der Waals surface area contributed by atoms with Crippen LogP contribution < -0.4 is 15.4 Å². The largest absolute Gasteiger partial charge is 0.480 e. The summed E-state index contributed by atoms with van der Waals surface area (Å²) in [5.74, 6) is -0.759. The molecule has 0 aliphatic carbocycles. The number of halogens is 1. The zero-order valence-corrected chi connectivity index (χ0v) is 22.0. The lowest BCUT2D eigenvalue weighted by Gasteiger charge is -2.23. The molecule has 0 saturated heterocycles. The van der Waals surface area contributed by atoms with E-state index >= 15 is 0 Å². The van der Waals surface area contributed by atoms with Gasteiger partial charge in [-0.1, -0.05) is 42.5 Å². The topological polar surface area (TPSA) is 87.7 Å². The summed E-state index contributed by atoms with van der Waals surface area (Å²) in [5.41, 5.74) is 1.90. The molecule has 0 bridgehead atoms. The number of hydrogen-bond donors (Lipinski definition) is 2. The van der Waals surface area contributed by atoms with Gasteiger partial charge >= 0.3 is 0 Å². The Hall–Kier alpha value is -3.40. The fourth-order valence-corrected chi connectivity index (χ4v) is 3.74. The summed E-state index contributed by atoms with van der Waals surface area (Å²) in [5, 5.41) is 5.54. The highest BCUT2D eigenvalue weighted by atomic mass is 127. The van der Waals surface area contributed by atoms with Crippen LogP contribution in [0.4, 0.5) is 5.69 Å². The third-order valence-corrected chi connectivity index (χ3v) is 5.99. The lowest BCUT2D eigenvalue weighted by Crippen LogP contribution is -2.45. The molecular weight excluding hydrogens is 557 g/mol. The molecule has 0 spiro atoms. The maximum atomic E-state index is 13.0. The van der Waals surface area contributed by atoms with E-state index in [0.29, 0.717) is 12.2 Å². The van der Waals surface area contributed by atoms with Crippen molar-refractivity contribution in [2.45, 2.75) is 32.5 Å². The van der Waals surface area contributed by atoms with Gasteiger partial charge in [0.05, 0.1) is 5.56 Å². The average Bonchev–Trinajstić information content (AvgIpc) is 2.85. The van der Waals surface area contributed by atoms with Crippen molar-refractivity contribution in [2.24, 2.45) is 0 Å². The standard InChI is InChI=1S/C27H28IN3O4/c1-18(27(34)31(3)17-20-9-5-4-6-10-20)29-26(33)23-11-7-8-12-24(23)35-19(2)25(32)30-22-15-13-21(28)14-16-22/h4-16,18-19H,17H2,1-3H3,(H,29,33)(H,30,32)/t18-,19-/m1/s1. The highest BCUT2D eigenvalue weighted by Gasteiger charge is 2.23. The Bertz CT molecular complexity index is 1170. The van der Waals surface area contributed by atoms with Gasteiger partial charge < -0.3 is 20.3 Å². The van der Waals surface area contributed by atoms with E-state index in [1.807, 2.05) is 42.5 Å². The van der Waals surface area contributed by atoms with Gasteiger partial charge in [-0.25, -0.2) is 0 Å². The Balaban J connectivity index is 1.61. The minimum absolute atomic E-state index is 0.217. The predicted octanol–water partition coefficient (Wildman–Crippen LogP) is 4.47. The van der Waals surface area contributed by atoms with Crippen LogP contribution in [0.5, 0.6) is 5.75 Å². The Morgan fingerprint density at radius 1 is 0.914 bits per heavy atom. The maximum absolute atomic E-state index is 13.0. The minimum atomic E-state index is -0.848. The van der Waals surface area contributed by atoms with Crippen molar-refractivity contribution >= 4 is 46.0 Å². The van der Waals surface area contributed by atoms with Gasteiger partial charge in [0.15, 0.2) is 6.10 Å². The lowest BCUT2D eigenvalue weighted by atomic mass is 10.1. The molecule has 0 aliphatic heterocycles. The number of ether oxygens (including phenoxy) is 1. The monoisotopic (exact) mass is 585 g/mol. The third-order valence-electron chi connectivity index (χ3n) is 5.27. The maximum Gasteiger partial charge on any atom is 0.265 e. The first-order valence-electron chi connectivity index (χ1n) is 11.2. The molecule has 3 aromatic rings. The van der Waals surface area contributed by atoms with E-state index in [1.165, 1.54) is 0 Å². The van der Waals surface area contributed by atoms with Gasteiger partial charge in [-0.05, 0) is 78.4 Å². The summed E-state index contributed by atoms with van der Waals surface area (Å²) < 4.78 is 6.88. The molecule has 0 heterocycles. The first-order valence-corrected chi connectivity index (χ1v) is 12.2. The van der Waals surface area contributed by atoms with Crippen molar-refractivity contribution in [1.29, 1.82) is 0 Å². The van der Waals surface area contributed by atoms with E-state index in [9.17, 15) is 14.4 Å². The molecular formula is C27H28IN3O4. The molecule has 7 nitrogen and oxygen atoms in total. The smallest absolute Gasteiger partial charge is 0.265 e. The van der Waals surface area contributed by atoms with E-state index in [1.54, 1.807) is 62.2 Å². The molecule has 0 radical (unpaired) electrons. The van der Waals surface area contributed by atoms with Crippen molar-refractivity contribution in [2.75, 3.05) is 12.4 Å². The van der Waals surface area contributed by atoms with Crippen LogP contribution in [0, 0.1) is 3.57 Å². The second kappa shape index (κ2) is 12.3. The van der Waals surface area contributed by atoms with E-state index < -0.39 is 18.1 Å². The number of anilines is 1. The summed E-state index contributed by atoms with van der Waals surface area (Å²) in [6, 6.07) is 22.9. The second-order valence-corrected chi connectivity index (χ2v) is 9.37. The van der Waals surface area contributed by atoms with Gasteiger partial charge in [-0.2, -0.15) is 0 Å². The Morgan fingerprint density at radius 3 is 2.23 bits per heavy atom. The van der Waals surface area contributed by atoms with Crippen LogP contribution in [-0.4, -0.2) is 41.8 Å². The van der Waals surface area contributed by atoms with Crippen LogP contribution in [0.15, 0.2) is 78.9 Å². The number of hydrogen-bond acceptors (Lipinski definition) is 4. The third kappa shape index (κ3) is 7.54. The van der Waals surface area contributed by atoms with Gasteiger partial charge in [0.2, 0.25) is 5.91 Å². The Kier molecular flexibility index (Phi) is 9.25. The van der Waals surface area contributed by atoms with Crippen LogP contribution in [0.25, 0.3) is 0 Å². The van der Waals surface area contributed by atoms with Gasteiger partial charge in [-0.15, -0.1) is 0 Å². The van der Waals surface area contributed by atoms with E-state index in [0.717, 1.165) is 9.13 Å². The number of carbonyl (C=O) groups excluding carboxylic acids is 3. The molecule has 3 amide bonds. The van der Waals surface area contributed by atoms with Crippen molar-refractivity contribution < 1.29 is 19.1 Å². The minimum Gasteiger partial charge on any atom is -0.480 e. The van der Waals surface area contributed by atoms with Gasteiger partial charge in [-0.3, -0.25) is 14.4 Å². The Morgan fingerprint density at radius 2 is 1.54 bits per heavy atom. The molecule has 8 heteroatoms. The molecule has 2 N–H and O–H groups in total. The molecule has 0 unspecified atom stereocenters. The van der Waals surface area contributed by atoms with E-state index in [2.05, 4.69) is 33.2 Å². The molecule has 2 atom stereocenters. The first kappa shape index (κ1) is 26.2. The molecule has 0 aromatic heterocycles. The number of carbonyl (C=O) groups is 3. The molecule has 0 fully saturated rings. The highest BCUT2D eigenvalue weighted by Crippen LogP contribution is 2.20. The number of nitrogens with zero attached hydrogens (tertiary/aromatic N) is 1. The average molecular weight is 585 g/mol. The summed E-state index contributed by atoms with van der Waals surface area (Å²) in [6.07, 6.45) is -0.848. The Labute approximate surface area is 219 Å². The van der Waals surface area contributed by atoms with Gasteiger partial charge in [0, 0.05) is 22.8 Å². The normalized spacial score (nSPS) is 12.2. The quantitative estimate of drug-likeness (QED) is 0.363. The molecule has 0 aliphatic rings. The summed E-state index contributed by atoms with van der Waals surface area (Å²) in [7, 11) is 1.70. The van der Waals surface area contributed by atoms with Crippen LogP contribution in [0.1, 0.15) is 29.8 Å². The number of amides is 3. The van der Waals surface area contributed by atoms with Crippen LogP contribution >= 0.6 is 22.6 Å². The summed E-state index contributed by atoms with van der Waals surface area (Å²) in [6.45, 7) is 3.69. The zero-order chi connectivity index (χ0) is 25.4.